The van der Waals surface area contributed by atoms with E-state index in [4.69, 9.17) is 0 Å². The number of quaternary nitrogens is 1. The summed E-state index contributed by atoms with van der Waals surface area (Å²) in [4.78, 5) is 4.25. The van der Waals surface area contributed by atoms with Gasteiger partial charge in [0.25, 0.3) is 0 Å². The quantitative estimate of drug-likeness (QED) is 0.475. The van der Waals surface area contributed by atoms with Gasteiger partial charge in [0.2, 0.25) is 0 Å². The minimum absolute atomic E-state index is 0.771. The Balaban J connectivity index is 0.000000270. The molecule has 0 aliphatic rings. The van der Waals surface area contributed by atoms with Crippen molar-refractivity contribution < 1.29 is 29.7 Å². The summed E-state index contributed by atoms with van der Waals surface area (Å²) < 4.78 is 61.8. The second-order valence-corrected chi connectivity index (χ2v) is 7.24. The third kappa shape index (κ3) is 9.14. The summed E-state index contributed by atoms with van der Waals surface area (Å²) in [6.45, 7) is 0.771. The summed E-state index contributed by atoms with van der Waals surface area (Å²) in [5.74, 6) is 0. The van der Waals surface area contributed by atoms with Gasteiger partial charge in [-0.2, -0.15) is 4.68 Å². The molecule has 0 radical (unpaired) electrons. The van der Waals surface area contributed by atoms with E-state index in [0.29, 0.717) is 0 Å². The molecule has 2 rings (SSSR count). The predicted octanol–water partition coefficient (Wildman–Crippen LogP) is 3.87. The zero-order valence-corrected chi connectivity index (χ0v) is 12.3. The van der Waals surface area contributed by atoms with Crippen LogP contribution in [0.25, 0.3) is 11.2 Å². The van der Waals surface area contributed by atoms with E-state index >= 15 is 0 Å². The van der Waals surface area contributed by atoms with Gasteiger partial charge in [-0.15, -0.1) is 5.10 Å². The van der Waals surface area contributed by atoms with Gasteiger partial charge in [0.1, 0.15) is 5.52 Å². The fourth-order valence-electron chi connectivity index (χ4n) is 1.31. The molecule has 21 heavy (non-hydrogen) atoms. The van der Waals surface area contributed by atoms with Crippen LogP contribution in [0.5, 0.6) is 0 Å². The van der Waals surface area contributed by atoms with Gasteiger partial charge in [-0.1, -0.05) is 5.21 Å². The van der Waals surface area contributed by atoms with Crippen LogP contribution in [0.2, 0.25) is 0 Å². The molecule has 0 atom stereocenters. The van der Waals surface area contributed by atoms with Crippen LogP contribution in [0.4, 0.5) is 25.2 Å². The second-order valence-electron chi connectivity index (χ2n) is 5.33. The monoisotopic (exact) mass is 337 g/mol. The Hall–Kier alpha value is -1.48. The number of hydrogen-bond acceptors (Lipinski definition) is 3. The second kappa shape index (κ2) is 4.51. The van der Waals surface area contributed by atoms with Crippen molar-refractivity contribution in [2.24, 2.45) is 0 Å². The molecule has 0 saturated heterocycles. The van der Waals surface area contributed by atoms with Crippen LogP contribution < -0.4 is 0 Å². The standard InChI is InChI=1S/C9H14N5.F6P/c1-14(2,3)7-13-9-8(11-12-13)5-4-6-10-9;1-7(2,3,4,5)6/h4-6H,7H2,1-3H3;/q+1;-1. The summed E-state index contributed by atoms with van der Waals surface area (Å²) in [6, 6.07) is 3.79. The van der Waals surface area contributed by atoms with Crippen LogP contribution in [0.1, 0.15) is 0 Å². The van der Waals surface area contributed by atoms with Crippen LogP contribution in [0, 0.1) is 0 Å². The molecule has 0 spiro atoms. The van der Waals surface area contributed by atoms with E-state index in [1.54, 1.807) is 6.20 Å². The van der Waals surface area contributed by atoms with Crippen LogP contribution in [0.15, 0.2) is 18.3 Å². The van der Waals surface area contributed by atoms with Gasteiger partial charge in [-0.3, -0.25) is 0 Å². The number of aromatic nitrogens is 4. The van der Waals surface area contributed by atoms with Gasteiger partial charge in [0.05, 0.1) is 21.1 Å². The summed E-state index contributed by atoms with van der Waals surface area (Å²) in [6.07, 6.45) is 1.76. The number of nitrogens with zero attached hydrogens (tertiary/aromatic N) is 5. The van der Waals surface area contributed by atoms with E-state index in [0.717, 1.165) is 22.3 Å². The number of halogens is 6. The van der Waals surface area contributed by atoms with Crippen LogP contribution in [0.3, 0.4) is 0 Å². The van der Waals surface area contributed by atoms with E-state index in [-0.39, 0.29) is 0 Å². The Labute approximate surface area is 116 Å². The molecule has 0 amide bonds. The zero-order chi connectivity index (χ0) is 16.6. The molecule has 0 aromatic carbocycles. The Kier molecular flexibility index (Phi) is 3.77. The first kappa shape index (κ1) is 17.6. The summed E-state index contributed by atoms with van der Waals surface area (Å²) >= 11 is 0. The number of rotatable bonds is 2. The Bertz CT molecular complexity index is 617. The van der Waals surface area contributed by atoms with Crippen LogP contribution in [-0.2, 0) is 6.67 Å². The van der Waals surface area contributed by atoms with Crippen LogP contribution >= 0.6 is 7.81 Å². The molecule has 5 nitrogen and oxygen atoms in total. The Morgan fingerprint density at radius 1 is 1.10 bits per heavy atom. The number of fused-ring (bicyclic) bond motifs is 1. The molecule has 0 N–H and O–H groups in total. The predicted molar refractivity (Wildman–Crippen MR) is 66.9 cm³/mol. The van der Waals surface area contributed by atoms with Crippen molar-refractivity contribution in [2.75, 3.05) is 21.1 Å². The molecule has 0 aliphatic heterocycles. The van der Waals surface area contributed by atoms with Gasteiger partial charge in [0, 0.05) is 6.20 Å². The van der Waals surface area contributed by atoms with Gasteiger partial charge in [0.15, 0.2) is 12.3 Å². The summed E-state index contributed by atoms with van der Waals surface area (Å²) in [5, 5.41) is 8.11. The molecule has 2 aromatic heterocycles. The van der Waals surface area contributed by atoms with E-state index in [2.05, 4.69) is 36.4 Å². The molecular weight excluding hydrogens is 323 g/mol. The fraction of sp³-hybridized carbons (Fsp3) is 0.444. The van der Waals surface area contributed by atoms with Crippen molar-refractivity contribution in [3.8, 4) is 0 Å². The Morgan fingerprint density at radius 3 is 2.10 bits per heavy atom. The molecule has 0 aliphatic carbocycles. The van der Waals surface area contributed by atoms with Gasteiger partial charge in [-0.05, 0) is 12.1 Å². The molecule has 0 fully saturated rings. The fourth-order valence-corrected chi connectivity index (χ4v) is 1.31. The number of hydrogen-bond donors (Lipinski definition) is 0. The van der Waals surface area contributed by atoms with Gasteiger partial charge >= 0.3 is 33.0 Å². The van der Waals surface area contributed by atoms with Crippen molar-refractivity contribution in [2.45, 2.75) is 6.67 Å². The van der Waals surface area contributed by atoms with Crippen molar-refractivity contribution in [1.82, 2.24) is 20.0 Å². The first-order valence-electron chi connectivity index (χ1n) is 5.52. The number of pyridine rings is 1. The van der Waals surface area contributed by atoms with Crippen molar-refractivity contribution in [3.05, 3.63) is 18.3 Å². The van der Waals surface area contributed by atoms with E-state index < -0.39 is 7.81 Å². The maximum atomic E-state index is 9.87. The summed E-state index contributed by atoms with van der Waals surface area (Å²) in [7, 11) is -4.33. The molecule has 2 aromatic rings. The normalized spacial score (nSPS) is 15.9. The van der Waals surface area contributed by atoms with Gasteiger partial charge < -0.3 is 4.48 Å². The SMILES string of the molecule is C[N+](C)(C)Cn1nnc2cccnc21.F[P-](F)(F)(F)(F)F. The van der Waals surface area contributed by atoms with Crippen molar-refractivity contribution >= 4 is 19.0 Å². The Morgan fingerprint density at radius 2 is 1.62 bits per heavy atom. The molecule has 0 bridgehead atoms. The molecule has 0 saturated carbocycles. The maximum absolute atomic E-state index is 10.7. The zero-order valence-electron chi connectivity index (χ0n) is 11.4. The minimum atomic E-state index is -10.7. The van der Waals surface area contributed by atoms with E-state index in [1.807, 2.05) is 16.8 Å². The third-order valence-electron chi connectivity index (χ3n) is 1.83. The molecule has 2 heterocycles. The average Bonchev–Trinajstić information content (AvgIpc) is 2.55. The van der Waals surface area contributed by atoms with Crippen LogP contribution in [-0.4, -0.2) is 45.6 Å². The molecular formula is C9H14F6N5P. The third-order valence-corrected chi connectivity index (χ3v) is 1.83. The molecule has 0 unspecified atom stereocenters. The van der Waals surface area contributed by atoms with Crippen molar-refractivity contribution in [1.29, 1.82) is 0 Å². The molecule has 12 heteroatoms. The van der Waals surface area contributed by atoms with Crippen molar-refractivity contribution in [3.63, 3.8) is 0 Å². The first-order valence-corrected chi connectivity index (χ1v) is 7.55. The van der Waals surface area contributed by atoms with E-state index in [1.165, 1.54) is 0 Å². The summed E-state index contributed by atoms with van der Waals surface area (Å²) in [5.41, 5.74) is 1.70. The van der Waals surface area contributed by atoms with E-state index in [9.17, 15) is 25.2 Å². The first-order chi connectivity index (χ1) is 9.01. The topological polar surface area (TPSA) is 43.6 Å². The van der Waals surface area contributed by atoms with Gasteiger partial charge in [-0.25, -0.2) is 4.98 Å². The molecule has 122 valence electrons. The average molecular weight is 337 g/mol.